The van der Waals surface area contributed by atoms with Gasteiger partial charge in [-0.3, -0.25) is 0 Å². The van der Waals surface area contributed by atoms with Crippen molar-refractivity contribution in [1.82, 2.24) is 0 Å². The quantitative estimate of drug-likeness (QED) is 0.608. The van der Waals surface area contributed by atoms with E-state index < -0.39 is 8.32 Å². The predicted octanol–water partition coefficient (Wildman–Crippen LogP) is 4.50. The fourth-order valence-electron chi connectivity index (χ4n) is 2.56. The van der Waals surface area contributed by atoms with Gasteiger partial charge in [-0.05, 0) is 37.9 Å². The molecule has 1 rings (SSSR count). The van der Waals surface area contributed by atoms with E-state index in [0.717, 1.165) is 12.8 Å². The normalized spacial score (nSPS) is 27.7. The van der Waals surface area contributed by atoms with Crippen LogP contribution in [0.2, 0.25) is 18.1 Å². The molecule has 1 saturated carbocycles. The number of allylic oxidation sites excluding steroid dienone is 1. The molecule has 0 radical (unpaired) electrons. The summed E-state index contributed by atoms with van der Waals surface area (Å²) < 4.78 is 6.57. The zero-order valence-electron chi connectivity index (χ0n) is 13.6. The second-order valence-electron chi connectivity index (χ2n) is 7.38. The summed E-state index contributed by atoms with van der Waals surface area (Å²) in [4.78, 5) is 0. The third kappa shape index (κ3) is 4.43. The predicted molar refractivity (Wildman–Crippen MR) is 84.8 cm³/mol. The lowest BCUT2D eigenvalue weighted by Crippen LogP contribution is -2.48. The highest BCUT2D eigenvalue weighted by atomic mass is 28.4. The summed E-state index contributed by atoms with van der Waals surface area (Å²) in [5.41, 5.74) is 0. The Labute approximate surface area is 120 Å². The Morgan fingerprint density at radius 1 is 1.21 bits per heavy atom. The molecule has 0 aromatic rings. The Bertz CT molecular complexity index is 304. The summed E-state index contributed by atoms with van der Waals surface area (Å²) in [6, 6.07) is 0. The molecule has 0 heterocycles. The van der Waals surface area contributed by atoms with E-state index in [-0.39, 0.29) is 23.2 Å². The third-order valence-electron chi connectivity index (χ3n) is 4.83. The van der Waals surface area contributed by atoms with Crippen molar-refractivity contribution >= 4 is 8.32 Å². The largest absolute Gasteiger partial charge is 0.414 e. The van der Waals surface area contributed by atoms with Gasteiger partial charge in [-0.2, -0.15) is 0 Å². The molecule has 3 atom stereocenters. The molecule has 3 heteroatoms. The Kier molecular flexibility index (Phi) is 5.84. The van der Waals surface area contributed by atoms with Gasteiger partial charge in [0.25, 0.3) is 0 Å². The zero-order valence-corrected chi connectivity index (χ0v) is 14.6. The van der Waals surface area contributed by atoms with Crippen LogP contribution in [0.5, 0.6) is 0 Å². The van der Waals surface area contributed by atoms with Gasteiger partial charge in [0.05, 0.1) is 12.2 Å². The average molecular weight is 285 g/mol. The summed E-state index contributed by atoms with van der Waals surface area (Å²) in [6.45, 7) is 13.4. The minimum atomic E-state index is -1.74. The first-order valence-corrected chi connectivity index (χ1v) is 10.6. The summed E-state index contributed by atoms with van der Waals surface area (Å²) in [7, 11) is -1.74. The maximum Gasteiger partial charge on any atom is 0.192 e. The van der Waals surface area contributed by atoms with Crippen LogP contribution in [0, 0.1) is 5.92 Å². The lowest BCUT2D eigenvalue weighted by molar-refractivity contribution is 0.0150. The van der Waals surface area contributed by atoms with E-state index in [1.807, 2.05) is 19.1 Å². The molecule has 0 aromatic heterocycles. The Hall–Kier alpha value is -0.123. The molecule has 1 fully saturated rings. The van der Waals surface area contributed by atoms with Gasteiger partial charge in [0.15, 0.2) is 8.32 Å². The number of aliphatic hydroxyl groups is 1. The summed E-state index contributed by atoms with van der Waals surface area (Å²) in [5.74, 6) is 0.277. The lowest BCUT2D eigenvalue weighted by Gasteiger charge is -2.43. The first kappa shape index (κ1) is 16.9. The van der Waals surface area contributed by atoms with Crippen molar-refractivity contribution in [2.45, 2.75) is 83.7 Å². The second-order valence-corrected chi connectivity index (χ2v) is 12.1. The molecule has 19 heavy (non-hydrogen) atoms. The summed E-state index contributed by atoms with van der Waals surface area (Å²) >= 11 is 0. The molecule has 0 spiro atoms. The molecule has 0 amide bonds. The molecule has 1 aliphatic rings. The van der Waals surface area contributed by atoms with Crippen molar-refractivity contribution in [2.24, 2.45) is 5.92 Å². The standard InChI is InChI=1S/C16H32O2Si/c1-7-10-14(17)13-11-8-9-12-15(13)18-19(5,6)16(2,3)4/h7,10,13-15,17H,8-9,11-12H2,1-6H3/b10-7+. The summed E-state index contributed by atoms with van der Waals surface area (Å²) in [5, 5.41) is 10.5. The number of rotatable bonds is 4. The molecule has 0 aliphatic heterocycles. The van der Waals surface area contributed by atoms with Gasteiger partial charge in [-0.1, -0.05) is 45.8 Å². The second kappa shape index (κ2) is 6.55. The van der Waals surface area contributed by atoms with Crippen LogP contribution in [0.3, 0.4) is 0 Å². The minimum Gasteiger partial charge on any atom is -0.414 e. The van der Waals surface area contributed by atoms with Gasteiger partial charge < -0.3 is 9.53 Å². The van der Waals surface area contributed by atoms with E-state index in [4.69, 9.17) is 4.43 Å². The van der Waals surface area contributed by atoms with Gasteiger partial charge in [0.2, 0.25) is 0 Å². The Morgan fingerprint density at radius 3 is 2.32 bits per heavy atom. The fraction of sp³-hybridized carbons (Fsp3) is 0.875. The number of hydrogen-bond donors (Lipinski definition) is 1. The van der Waals surface area contributed by atoms with Gasteiger partial charge in [-0.25, -0.2) is 0 Å². The van der Waals surface area contributed by atoms with E-state index in [1.54, 1.807) is 0 Å². The van der Waals surface area contributed by atoms with Crippen molar-refractivity contribution in [2.75, 3.05) is 0 Å². The fourth-order valence-corrected chi connectivity index (χ4v) is 3.96. The molecule has 112 valence electrons. The van der Waals surface area contributed by atoms with E-state index in [2.05, 4.69) is 33.9 Å². The topological polar surface area (TPSA) is 29.5 Å². The minimum absolute atomic E-state index is 0.237. The van der Waals surface area contributed by atoms with Crippen LogP contribution in [0.1, 0.15) is 53.4 Å². The molecular formula is C16H32O2Si. The first-order chi connectivity index (χ1) is 8.69. The van der Waals surface area contributed by atoms with Crippen molar-refractivity contribution in [3.05, 3.63) is 12.2 Å². The van der Waals surface area contributed by atoms with Crippen LogP contribution in [-0.4, -0.2) is 25.6 Å². The monoisotopic (exact) mass is 284 g/mol. The third-order valence-corrected chi connectivity index (χ3v) is 9.34. The molecule has 1 aliphatic carbocycles. The molecule has 1 N–H and O–H groups in total. The lowest BCUT2D eigenvalue weighted by atomic mass is 9.82. The maximum absolute atomic E-state index is 10.3. The van der Waals surface area contributed by atoms with E-state index >= 15 is 0 Å². The van der Waals surface area contributed by atoms with Gasteiger partial charge in [0.1, 0.15) is 0 Å². The van der Waals surface area contributed by atoms with Crippen molar-refractivity contribution in [3.63, 3.8) is 0 Å². The van der Waals surface area contributed by atoms with Crippen LogP contribution in [0.4, 0.5) is 0 Å². The van der Waals surface area contributed by atoms with Crippen molar-refractivity contribution in [1.29, 1.82) is 0 Å². The molecule has 0 aromatic carbocycles. The highest BCUT2D eigenvalue weighted by Crippen LogP contribution is 2.40. The Morgan fingerprint density at radius 2 is 1.79 bits per heavy atom. The molecular weight excluding hydrogens is 252 g/mol. The Balaban J connectivity index is 2.78. The number of hydrogen-bond acceptors (Lipinski definition) is 2. The molecule has 2 nitrogen and oxygen atoms in total. The first-order valence-electron chi connectivity index (χ1n) is 7.68. The molecule has 3 unspecified atom stereocenters. The van der Waals surface area contributed by atoms with Crippen LogP contribution >= 0.6 is 0 Å². The van der Waals surface area contributed by atoms with Gasteiger partial charge >= 0.3 is 0 Å². The number of aliphatic hydroxyl groups excluding tert-OH is 1. The van der Waals surface area contributed by atoms with Crippen LogP contribution in [-0.2, 0) is 4.43 Å². The highest BCUT2D eigenvalue weighted by molar-refractivity contribution is 6.74. The molecule has 0 saturated heterocycles. The SMILES string of the molecule is C/C=C/C(O)C1CCCCC1O[Si](C)(C)C(C)(C)C. The van der Waals surface area contributed by atoms with Crippen LogP contribution in [0.15, 0.2) is 12.2 Å². The zero-order chi connectivity index (χ0) is 14.7. The van der Waals surface area contributed by atoms with E-state index in [0.29, 0.717) is 0 Å². The highest BCUT2D eigenvalue weighted by Gasteiger charge is 2.42. The smallest absolute Gasteiger partial charge is 0.192 e. The van der Waals surface area contributed by atoms with Crippen molar-refractivity contribution in [3.8, 4) is 0 Å². The van der Waals surface area contributed by atoms with Crippen molar-refractivity contribution < 1.29 is 9.53 Å². The summed E-state index contributed by atoms with van der Waals surface area (Å²) in [6.07, 6.45) is 8.40. The van der Waals surface area contributed by atoms with Gasteiger partial charge in [-0.15, -0.1) is 0 Å². The van der Waals surface area contributed by atoms with Crippen LogP contribution < -0.4 is 0 Å². The van der Waals surface area contributed by atoms with Gasteiger partial charge in [0, 0.05) is 5.92 Å². The van der Waals surface area contributed by atoms with E-state index in [1.165, 1.54) is 12.8 Å². The van der Waals surface area contributed by atoms with Crippen LogP contribution in [0.25, 0.3) is 0 Å². The van der Waals surface area contributed by atoms with E-state index in [9.17, 15) is 5.11 Å². The molecule has 0 bridgehead atoms. The maximum atomic E-state index is 10.3. The average Bonchev–Trinajstić information content (AvgIpc) is 2.28.